The lowest BCUT2D eigenvalue weighted by atomic mass is 10.7. The fourth-order valence-electron chi connectivity index (χ4n) is 0.585. The minimum atomic E-state index is -1.44. The quantitative estimate of drug-likeness (QED) is 0.615. The predicted octanol–water partition coefficient (Wildman–Crippen LogP) is 0.584. The molecule has 1 amide bonds. The van der Waals surface area contributed by atoms with Crippen molar-refractivity contribution in [2.24, 2.45) is 0 Å². The van der Waals surface area contributed by atoms with Gasteiger partial charge in [0.2, 0.25) is 5.91 Å². The highest BCUT2D eigenvalue weighted by atomic mass is 28.3. The van der Waals surface area contributed by atoms with Gasteiger partial charge in [-0.05, 0) is 0 Å². The Morgan fingerprint density at radius 1 is 1.50 bits per heavy atom. The lowest BCUT2D eigenvalue weighted by Gasteiger charge is -2.17. The molecule has 0 unspecified atom stereocenters. The van der Waals surface area contributed by atoms with Crippen molar-refractivity contribution in [2.75, 3.05) is 13.7 Å². The van der Waals surface area contributed by atoms with Crippen molar-refractivity contribution in [3.63, 3.8) is 0 Å². The van der Waals surface area contributed by atoms with Gasteiger partial charge in [-0.3, -0.25) is 4.79 Å². The van der Waals surface area contributed by atoms with Crippen LogP contribution in [0.25, 0.3) is 0 Å². The van der Waals surface area contributed by atoms with Crippen LogP contribution in [0.2, 0.25) is 19.6 Å². The van der Waals surface area contributed by atoms with E-state index in [1.165, 1.54) is 7.11 Å². The van der Waals surface area contributed by atoms with Gasteiger partial charge in [0.15, 0.2) is 0 Å². The molecule has 4 heteroatoms. The summed E-state index contributed by atoms with van der Waals surface area (Å²) in [5, 5.41) is 0. The molecule has 0 saturated heterocycles. The Labute approximate surface area is 62.8 Å². The van der Waals surface area contributed by atoms with E-state index in [9.17, 15) is 4.79 Å². The number of hydrogen-bond donors (Lipinski definition) is 1. The standard InChI is InChI=1S/C6H15NO2Si/c1-9-5-6(8)7-10(2,3)4/h5H2,1-4H3,(H,7,8). The first-order chi connectivity index (χ1) is 4.45. The van der Waals surface area contributed by atoms with Gasteiger partial charge in [0.25, 0.3) is 0 Å². The van der Waals surface area contributed by atoms with Crippen LogP contribution in [0.3, 0.4) is 0 Å². The Bertz CT molecular complexity index is 119. The summed E-state index contributed by atoms with van der Waals surface area (Å²) in [7, 11) is 0.0806. The number of carbonyl (C=O) groups is 1. The van der Waals surface area contributed by atoms with E-state index in [4.69, 9.17) is 0 Å². The molecule has 0 aromatic carbocycles. The van der Waals surface area contributed by atoms with Crippen LogP contribution in [0.15, 0.2) is 0 Å². The zero-order valence-electron chi connectivity index (χ0n) is 7.02. The van der Waals surface area contributed by atoms with Crippen LogP contribution in [0, 0.1) is 0 Å². The maximum atomic E-state index is 10.9. The highest BCUT2D eigenvalue weighted by Crippen LogP contribution is 1.92. The summed E-state index contributed by atoms with van der Waals surface area (Å²) in [5.74, 6) is -0.0123. The van der Waals surface area contributed by atoms with E-state index in [2.05, 4.69) is 29.4 Å². The zero-order chi connectivity index (χ0) is 8.20. The SMILES string of the molecule is COCC(=O)N[Si](C)(C)C. The molecule has 60 valence electrons. The summed E-state index contributed by atoms with van der Waals surface area (Å²) < 4.78 is 4.66. The molecule has 0 bridgehead atoms. The van der Waals surface area contributed by atoms with Crippen molar-refractivity contribution >= 4 is 14.1 Å². The Hall–Kier alpha value is -0.353. The van der Waals surface area contributed by atoms with Crippen molar-refractivity contribution in [3.8, 4) is 0 Å². The highest BCUT2D eigenvalue weighted by Gasteiger charge is 2.15. The monoisotopic (exact) mass is 161 g/mol. The molecule has 0 spiro atoms. The molecular formula is C6H15NO2Si. The van der Waals surface area contributed by atoms with Crippen LogP contribution in [0.4, 0.5) is 0 Å². The normalized spacial score (nSPS) is 11.2. The molecule has 0 aliphatic heterocycles. The van der Waals surface area contributed by atoms with E-state index in [1.807, 2.05) is 0 Å². The van der Waals surface area contributed by atoms with Crippen molar-refractivity contribution < 1.29 is 9.53 Å². The first-order valence-electron chi connectivity index (χ1n) is 3.25. The van der Waals surface area contributed by atoms with Crippen LogP contribution in [0.5, 0.6) is 0 Å². The second-order valence-corrected chi connectivity index (χ2v) is 7.98. The van der Waals surface area contributed by atoms with Gasteiger partial charge in [-0.15, -0.1) is 0 Å². The smallest absolute Gasteiger partial charge is 0.238 e. The molecule has 0 aromatic rings. The van der Waals surface area contributed by atoms with Gasteiger partial charge in [0, 0.05) is 7.11 Å². The Kier molecular flexibility index (Phi) is 3.60. The summed E-state index contributed by atoms with van der Waals surface area (Å²) in [6.45, 7) is 6.38. The molecule has 0 atom stereocenters. The number of carbonyl (C=O) groups excluding carboxylic acids is 1. The predicted molar refractivity (Wildman–Crippen MR) is 43.4 cm³/mol. The van der Waals surface area contributed by atoms with E-state index in [-0.39, 0.29) is 12.5 Å². The average Bonchev–Trinajstić information content (AvgIpc) is 1.59. The summed E-state index contributed by atoms with van der Waals surface area (Å²) in [6.07, 6.45) is 0. The van der Waals surface area contributed by atoms with E-state index >= 15 is 0 Å². The highest BCUT2D eigenvalue weighted by molar-refractivity contribution is 6.75. The molecule has 0 rings (SSSR count). The van der Waals surface area contributed by atoms with Crippen LogP contribution in [-0.4, -0.2) is 27.9 Å². The van der Waals surface area contributed by atoms with Gasteiger partial charge in [0.1, 0.15) is 14.8 Å². The van der Waals surface area contributed by atoms with Gasteiger partial charge in [-0.25, -0.2) is 0 Å². The molecule has 0 fully saturated rings. The molecule has 10 heavy (non-hydrogen) atoms. The first-order valence-corrected chi connectivity index (χ1v) is 6.75. The third-order valence-corrected chi connectivity index (χ3v) is 1.82. The number of hydrogen-bond acceptors (Lipinski definition) is 2. The van der Waals surface area contributed by atoms with E-state index in [0.717, 1.165) is 0 Å². The Balaban J connectivity index is 3.58. The molecule has 0 aliphatic rings. The average molecular weight is 161 g/mol. The summed E-state index contributed by atoms with van der Waals surface area (Å²) in [5.41, 5.74) is 0. The number of nitrogens with one attached hydrogen (secondary N) is 1. The van der Waals surface area contributed by atoms with E-state index in [0.29, 0.717) is 0 Å². The molecule has 0 radical (unpaired) electrons. The van der Waals surface area contributed by atoms with Gasteiger partial charge < -0.3 is 9.72 Å². The van der Waals surface area contributed by atoms with Crippen molar-refractivity contribution in [1.29, 1.82) is 0 Å². The second-order valence-electron chi connectivity index (χ2n) is 3.23. The van der Waals surface area contributed by atoms with Crippen LogP contribution in [-0.2, 0) is 9.53 Å². The van der Waals surface area contributed by atoms with E-state index < -0.39 is 8.24 Å². The minimum absolute atomic E-state index is 0.0123. The molecule has 0 saturated carbocycles. The molecule has 1 N–H and O–H groups in total. The lowest BCUT2D eigenvalue weighted by molar-refractivity contribution is -0.123. The first kappa shape index (κ1) is 9.65. The second kappa shape index (κ2) is 3.73. The molecular weight excluding hydrogens is 146 g/mol. The van der Waals surface area contributed by atoms with Gasteiger partial charge in [-0.2, -0.15) is 0 Å². The topological polar surface area (TPSA) is 38.3 Å². The maximum absolute atomic E-state index is 10.9. The Morgan fingerprint density at radius 3 is 2.30 bits per heavy atom. The summed E-state index contributed by atoms with van der Waals surface area (Å²) in [4.78, 5) is 13.8. The maximum Gasteiger partial charge on any atom is 0.238 e. The molecule has 3 nitrogen and oxygen atoms in total. The van der Waals surface area contributed by atoms with Gasteiger partial charge >= 0.3 is 0 Å². The van der Waals surface area contributed by atoms with Crippen LogP contribution in [0.1, 0.15) is 0 Å². The number of methoxy groups -OCH3 is 1. The van der Waals surface area contributed by atoms with Crippen molar-refractivity contribution in [1.82, 2.24) is 4.98 Å². The Morgan fingerprint density at radius 2 is 2.00 bits per heavy atom. The number of amides is 1. The summed E-state index contributed by atoms with van der Waals surface area (Å²) in [6, 6.07) is 0. The third kappa shape index (κ3) is 5.78. The van der Waals surface area contributed by atoms with Crippen molar-refractivity contribution in [2.45, 2.75) is 19.6 Å². The fraction of sp³-hybridized carbons (Fsp3) is 0.833. The zero-order valence-corrected chi connectivity index (χ0v) is 8.02. The van der Waals surface area contributed by atoms with Crippen LogP contribution >= 0.6 is 0 Å². The molecule has 0 heterocycles. The molecule has 0 aliphatic carbocycles. The van der Waals surface area contributed by atoms with Gasteiger partial charge in [0.05, 0.1) is 0 Å². The molecule has 0 aromatic heterocycles. The number of ether oxygens (including phenoxy) is 1. The van der Waals surface area contributed by atoms with Gasteiger partial charge in [-0.1, -0.05) is 19.6 Å². The lowest BCUT2D eigenvalue weighted by Crippen LogP contribution is -2.46. The largest absolute Gasteiger partial charge is 0.380 e. The van der Waals surface area contributed by atoms with Crippen LogP contribution < -0.4 is 4.98 Å². The van der Waals surface area contributed by atoms with E-state index in [1.54, 1.807) is 0 Å². The summed E-state index contributed by atoms with van der Waals surface area (Å²) >= 11 is 0. The third-order valence-electron chi connectivity index (χ3n) is 0.790. The number of rotatable bonds is 3. The van der Waals surface area contributed by atoms with Crippen molar-refractivity contribution in [3.05, 3.63) is 0 Å². The fourth-order valence-corrected chi connectivity index (χ4v) is 1.49. The minimum Gasteiger partial charge on any atom is -0.380 e.